The van der Waals surface area contributed by atoms with Gasteiger partial charge >= 0.3 is 0 Å². The van der Waals surface area contributed by atoms with Crippen molar-refractivity contribution in [1.29, 1.82) is 0 Å². The number of pyridine rings is 1. The van der Waals surface area contributed by atoms with Gasteiger partial charge in [-0.3, -0.25) is 4.79 Å². The zero-order valence-electron chi connectivity index (χ0n) is 15.1. The molecule has 1 heterocycles. The highest BCUT2D eigenvalue weighted by atomic mass is 19.1. The van der Waals surface area contributed by atoms with Crippen LogP contribution in [0.2, 0.25) is 0 Å². The molecule has 1 amide bonds. The quantitative estimate of drug-likeness (QED) is 0.655. The minimum atomic E-state index is -1.41. The molecule has 3 aromatic rings. The lowest BCUT2D eigenvalue weighted by molar-refractivity contribution is -0.129. The average molecular weight is 382 g/mol. The molecule has 0 radical (unpaired) electrons. The molecule has 1 atom stereocenters. The number of ether oxygens (including phenoxy) is 2. The molecule has 2 aromatic carbocycles. The van der Waals surface area contributed by atoms with Crippen LogP contribution in [-0.4, -0.2) is 23.1 Å². The maximum absolute atomic E-state index is 13.0. The van der Waals surface area contributed by atoms with E-state index in [0.717, 1.165) is 0 Å². The van der Waals surface area contributed by atoms with E-state index in [9.17, 15) is 14.3 Å². The predicted molar refractivity (Wildman–Crippen MR) is 101 cm³/mol. The zero-order valence-corrected chi connectivity index (χ0v) is 15.1. The Morgan fingerprint density at radius 3 is 2.54 bits per heavy atom. The van der Waals surface area contributed by atoms with Crippen molar-refractivity contribution in [3.8, 4) is 17.4 Å². The van der Waals surface area contributed by atoms with Crippen molar-refractivity contribution in [2.75, 3.05) is 7.11 Å². The van der Waals surface area contributed by atoms with Crippen LogP contribution in [0.3, 0.4) is 0 Å². The van der Waals surface area contributed by atoms with E-state index in [1.54, 1.807) is 43.6 Å². The molecule has 0 unspecified atom stereocenters. The summed E-state index contributed by atoms with van der Waals surface area (Å²) in [6, 6.07) is 15.7. The molecule has 144 valence electrons. The zero-order chi connectivity index (χ0) is 19.9. The number of para-hydroxylation sites is 2. The van der Waals surface area contributed by atoms with Gasteiger partial charge in [-0.05, 0) is 35.9 Å². The number of rotatable bonds is 7. The lowest BCUT2D eigenvalue weighted by Crippen LogP contribution is -2.29. The van der Waals surface area contributed by atoms with Gasteiger partial charge in [0.1, 0.15) is 5.82 Å². The maximum Gasteiger partial charge on any atom is 0.253 e. The Morgan fingerprint density at radius 1 is 1.11 bits per heavy atom. The van der Waals surface area contributed by atoms with E-state index in [0.29, 0.717) is 28.5 Å². The van der Waals surface area contributed by atoms with Crippen LogP contribution in [0.4, 0.5) is 4.39 Å². The number of methoxy groups -OCH3 is 1. The van der Waals surface area contributed by atoms with Gasteiger partial charge in [0, 0.05) is 18.3 Å². The molecule has 0 aliphatic heterocycles. The van der Waals surface area contributed by atoms with Crippen LogP contribution in [0.5, 0.6) is 17.4 Å². The molecule has 7 heteroatoms. The van der Waals surface area contributed by atoms with Crippen LogP contribution in [-0.2, 0) is 11.3 Å². The van der Waals surface area contributed by atoms with Gasteiger partial charge in [-0.1, -0.05) is 30.3 Å². The smallest absolute Gasteiger partial charge is 0.253 e. The first kappa shape index (κ1) is 19.3. The highest BCUT2D eigenvalue weighted by Gasteiger charge is 2.18. The summed E-state index contributed by atoms with van der Waals surface area (Å²) in [5, 5.41) is 12.8. The number of halogens is 1. The van der Waals surface area contributed by atoms with Crippen molar-refractivity contribution in [2.24, 2.45) is 0 Å². The molecular weight excluding hydrogens is 363 g/mol. The van der Waals surface area contributed by atoms with Gasteiger partial charge in [-0.25, -0.2) is 9.37 Å². The van der Waals surface area contributed by atoms with E-state index in [2.05, 4.69) is 10.3 Å². The van der Waals surface area contributed by atoms with Crippen LogP contribution >= 0.6 is 0 Å². The number of aliphatic hydroxyl groups is 1. The number of benzene rings is 2. The number of hydrogen-bond donors (Lipinski definition) is 2. The topological polar surface area (TPSA) is 80.7 Å². The summed E-state index contributed by atoms with van der Waals surface area (Å²) in [5.74, 6) is 0.296. The number of carbonyl (C=O) groups is 1. The van der Waals surface area contributed by atoms with Crippen molar-refractivity contribution in [2.45, 2.75) is 12.6 Å². The number of aromatic nitrogens is 1. The van der Waals surface area contributed by atoms with Crippen molar-refractivity contribution >= 4 is 5.91 Å². The summed E-state index contributed by atoms with van der Waals surface area (Å²) in [6.07, 6.45) is 0.166. The molecule has 0 aliphatic rings. The Bertz CT molecular complexity index is 947. The number of amides is 1. The first-order chi connectivity index (χ1) is 13.6. The Labute approximate surface area is 161 Å². The monoisotopic (exact) mass is 382 g/mol. The normalized spacial score (nSPS) is 11.5. The Hall–Kier alpha value is -3.45. The second kappa shape index (κ2) is 8.96. The Kier molecular flexibility index (Phi) is 6.18. The highest BCUT2D eigenvalue weighted by molar-refractivity contribution is 5.81. The van der Waals surface area contributed by atoms with Gasteiger partial charge in [0.05, 0.1) is 7.11 Å². The molecule has 0 spiro atoms. The summed E-state index contributed by atoms with van der Waals surface area (Å²) in [6.45, 7) is 0.0927. The first-order valence-electron chi connectivity index (χ1n) is 8.54. The van der Waals surface area contributed by atoms with E-state index in [1.165, 1.54) is 24.3 Å². The van der Waals surface area contributed by atoms with Gasteiger partial charge in [-0.2, -0.15) is 0 Å². The number of nitrogens with zero attached hydrogens (tertiary/aromatic N) is 1. The molecule has 0 aliphatic carbocycles. The van der Waals surface area contributed by atoms with E-state index in [1.807, 2.05) is 6.07 Å². The van der Waals surface area contributed by atoms with Crippen molar-refractivity contribution in [3.05, 3.63) is 83.8 Å². The van der Waals surface area contributed by atoms with Crippen molar-refractivity contribution in [1.82, 2.24) is 10.3 Å². The molecule has 2 N–H and O–H groups in total. The van der Waals surface area contributed by atoms with Gasteiger partial charge < -0.3 is 19.9 Å². The second-order valence-electron chi connectivity index (χ2n) is 5.89. The van der Waals surface area contributed by atoms with Crippen LogP contribution in [0.1, 0.15) is 17.2 Å². The molecule has 6 nitrogen and oxygen atoms in total. The van der Waals surface area contributed by atoms with E-state index >= 15 is 0 Å². The number of aliphatic hydroxyl groups excluding tert-OH is 1. The van der Waals surface area contributed by atoms with Gasteiger partial charge in [0.25, 0.3) is 5.91 Å². The lowest BCUT2D eigenvalue weighted by atomic mass is 10.1. The fourth-order valence-electron chi connectivity index (χ4n) is 2.53. The predicted octanol–water partition coefficient (Wildman–Crippen LogP) is 3.37. The summed E-state index contributed by atoms with van der Waals surface area (Å²) < 4.78 is 24.1. The minimum Gasteiger partial charge on any atom is -0.493 e. The molecule has 28 heavy (non-hydrogen) atoms. The number of hydrogen-bond acceptors (Lipinski definition) is 5. The minimum absolute atomic E-state index is 0.0927. The van der Waals surface area contributed by atoms with Crippen LogP contribution in [0, 0.1) is 5.82 Å². The summed E-state index contributed by atoms with van der Waals surface area (Å²) >= 11 is 0. The van der Waals surface area contributed by atoms with Gasteiger partial charge in [0.15, 0.2) is 17.6 Å². The largest absolute Gasteiger partial charge is 0.493 e. The summed E-state index contributed by atoms with van der Waals surface area (Å²) in [5.41, 5.74) is 0.920. The highest BCUT2D eigenvalue weighted by Crippen LogP contribution is 2.31. The third kappa shape index (κ3) is 4.63. The van der Waals surface area contributed by atoms with Gasteiger partial charge in [-0.15, -0.1) is 0 Å². The maximum atomic E-state index is 13.0. The fraction of sp³-hybridized carbons (Fsp3) is 0.143. The third-order valence-electron chi connectivity index (χ3n) is 4.01. The second-order valence-corrected chi connectivity index (χ2v) is 5.89. The lowest BCUT2D eigenvalue weighted by Gasteiger charge is -2.14. The standard InChI is InChI=1S/C21H19FN2O4/c1-27-17-6-2-3-7-18(17)28-21-15(5-4-12-23-21)13-24-20(26)19(25)14-8-10-16(22)11-9-14/h2-12,19,25H,13H2,1H3,(H,24,26)/t19-/m1/s1. The van der Waals surface area contributed by atoms with Crippen molar-refractivity contribution < 1.29 is 23.8 Å². The SMILES string of the molecule is COc1ccccc1Oc1ncccc1CNC(=O)[C@H](O)c1ccc(F)cc1. The molecule has 3 rings (SSSR count). The van der Waals surface area contributed by atoms with Gasteiger partial charge in [0.2, 0.25) is 5.88 Å². The number of nitrogens with one attached hydrogen (secondary N) is 1. The van der Waals surface area contributed by atoms with E-state index < -0.39 is 17.8 Å². The Morgan fingerprint density at radius 2 is 1.82 bits per heavy atom. The summed E-state index contributed by atoms with van der Waals surface area (Å²) in [4.78, 5) is 16.4. The van der Waals surface area contributed by atoms with E-state index in [-0.39, 0.29) is 6.54 Å². The molecule has 0 fully saturated rings. The molecule has 1 aromatic heterocycles. The Balaban J connectivity index is 1.69. The third-order valence-corrected chi connectivity index (χ3v) is 4.01. The fourth-order valence-corrected chi connectivity index (χ4v) is 2.53. The molecule has 0 saturated carbocycles. The molecule has 0 bridgehead atoms. The van der Waals surface area contributed by atoms with Crippen molar-refractivity contribution in [3.63, 3.8) is 0 Å². The average Bonchev–Trinajstić information content (AvgIpc) is 2.73. The van der Waals surface area contributed by atoms with Crippen LogP contribution < -0.4 is 14.8 Å². The van der Waals surface area contributed by atoms with Crippen LogP contribution in [0.25, 0.3) is 0 Å². The first-order valence-corrected chi connectivity index (χ1v) is 8.54. The summed E-state index contributed by atoms with van der Waals surface area (Å²) in [7, 11) is 1.54. The van der Waals surface area contributed by atoms with Crippen LogP contribution in [0.15, 0.2) is 66.9 Å². The van der Waals surface area contributed by atoms with E-state index in [4.69, 9.17) is 9.47 Å². The molecular formula is C21H19FN2O4. The molecule has 0 saturated heterocycles. The number of carbonyl (C=O) groups excluding carboxylic acids is 1.